The van der Waals surface area contributed by atoms with Crippen LogP contribution in [-0.2, 0) is 4.79 Å². The predicted molar refractivity (Wildman–Crippen MR) is 136 cm³/mol. The molecular formula is C28H32F4N4O4. The maximum Gasteiger partial charge on any atom is 0.395 e. The van der Waals surface area contributed by atoms with Crippen molar-refractivity contribution in [2.24, 2.45) is 11.3 Å². The van der Waals surface area contributed by atoms with Crippen LogP contribution in [0.4, 0.5) is 17.6 Å². The van der Waals surface area contributed by atoms with E-state index in [4.69, 9.17) is 4.74 Å². The summed E-state index contributed by atoms with van der Waals surface area (Å²) in [5, 5.41) is 9.28. The molecule has 0 spiro atoms. The van der Waals surface area contributed by atoms with Crippen molar-refractivity contribution >= 4 is 11.9 Å². The van der Waals surface area contributed by atoms with Crippen molar-refractivity contribution in [3.63, 3.8) is 0 Å². The third-order valence-corrected chi connectivity index (χ3v) is 8.46. The number of likely N-dealkylation sites (tertiary alicyclic amines) is 2. The predicted octanol–water partition coefficient (Wildman–Crippen LogP) is 4.60. The van der Waals surface area contributed by atoms with E-state index in [0.29, 0.717) is 43.3 Å². The number of carbonyl (C=O) groups excluding carboxylic acids is 1. The number of benzene rings is 1. The van der Waals surface area contributed by atoms with E-state index in [1.165, 1.54) is 6.20 Å². The molecule has 2 atom stereocenters. The Balaban J connectivity index is 1.10. The van der Waals surface area contributed by atoms with E-state index >= 15 is 0 Å². The highest BCUT2D eigenvalue weighted by atomic mass is 19.4. The molecule has 8 nitrogen and oxygen atoms in total. The molecule has 1 amide bonds. The molecule has 1 saturated carbocycles. The van der Waals surface area contributed by atoms with Gasteiger partial charge in [-0.05, 0) is 56.8 Å². The Kier molecular flexibility index (Phi) is 7.98. The number of aromatic nitrogens is 2. The van der Waals surface area contributed by atoms with Crippen LogP contribution in [0, 0.1) is 11.3 Å². The number of carboxylic acid groups (broad SMARTS) is 1. The average molecular weight is 565 g/mol. The molecule has 0 bridgehead atoms. The topological polar surface area (TPSA) is 95.9 Å². The summed E-state index contributed by atoms with van der Waals surface area (Å²) in [6.07, 6.45) is -0.0656. The molecule has 1 aromatic heterocycles. The first-order valence-electron chi connectivity index (χ1n) is 13.6. The molecule has 2 saturated heterocycles. The van der Waals surface area contributed by atoms with Crippen LogP contribution in [-0.4, -0.2) is 87.9 Å². The quantitative estimate of drug-likeness (QED) is 0.468. The molecule has 40 heavy (non-hydrogen) atoms. The molecule has 2 unspecified atom stereocenters. The second-order valence-corrected chi connectivity index (χ2v) is 11.1. The molecule has 3 heterocycles. The Morgan fingerprint density at radius 3 is 2.33 bits per heavy atom. The van der Waals surface area contributed by atoms with E-state index in [9.17, 15) is 32.3 Å². The number of aliphatic carboxylic acids is 1. The van der Waals surface area contributed by atoms with Crippen molar-refractivity contribution in [2.75, 3.05) is 32.8 Å². The molecule has 3 aliphatic rings. The van der Waals surface area contributed by atoms with Gasteiger partial charge in [-0.1, -0.05) is 18.6 Å². The van der Waals surface area contributed by atoms with Gasteiger partial charge in [0, 0.05) is 24.1 Å². The molecule has 2 aliphatic heterocycles. The number of carboxylic acids is 1. The van der Waals surface area contributed by atoms with Crippen molar-refractivity contribution in [3.8, 4) is 17.1 Å². The summed E-state index contributed by atoms with van der Waals surface area (Å²) < 4.78 is 60.0. The third-order valence-electron chi connectivity index (χ3n) is 8.46. The number of piperidine rings is 1. The minimum absolute atomic E-state index is 0.0886. The highest BCUT2D eigenvalue weighted by molar-refractivity contribution is 5.97. The van der Waals surface area contributed by atoms with Gasteiger partial charge in [-0.3, -0.25) is 4.79 Å². The molecule has 2 aromatic rings. The van der Waals surface area contributed by atoms with Gasteiger partial charge in [0.25, 0.3) is 5.91 Å². The molecular weight excluding hydrogens is 532 g/mol. The zero-order valence-electron chi connectivity index (χ0n) is 21.9. The Morgan fingerprint density at radius 1 is 1.07 bits per heavy atom. The summed E-state index contributed by atoms with van der Waals surface area (Å²) in [7, 11) is 0. The molecule has 3 fully saturated rings. The molecule has 5 rings (SSSR count). The van der Waals surface area contributed by atoms with E-state index in [-0.39, 0.29) is 43.8 Å². The molecule has 1 aromatic carbocycles. The van der Waals surface area contributed by atoms with Gasteiger partial charge in [0.2, 0.25) is 5.88 Å². The van der Waals surface area contributed by atoms with Gasteiger partial charge in [-0.25, -0.2) is 19.2 Å². The normalized spacial score (nSPS) is 23.6. The first-order valence-corrected chi connectivity index (χ1v) is 13.6. The first-order chi connectivity index (χ1) is 19.0. The lowest BCUT2D eigenvalue weighted by atomic mass is 9.67. The van der Waals surface area contributed by atoms with Gasteiger partial charge >= 0.3 is 12.1 Å². The smallest absolute Gasteiger partial charge is 0.395 e. The number of nitrogens with zero attached hydrogens (tertiary/aromatic N) is 4. The molecule has 12 heteroatoms. The summed E-state index contributed by atoms with van der Waals surface area (Å²) >= 11 is 0. The number of hydrogen-bond donors (Lipinski definition) is 1. The van der Waals surface area contributed by atoms with Crippen molar-refractivity contribution in [2.45, 2.75) is 56.9 Å². The van der Waals surface area contributed by atoms with Crippen molar-refractivity contribution in [1.29, 1.82) is 0 Å². The number of amides is 1. The van der Waals surface area contributed by atoms with Crippen LogP contribution in [0.3, 0.4) is 0 Å². The summed E-state index contributed by atoms with van der Waals surface area (Å²) in [6.45, 7) is 1.50. The van der Waals surface area contributed by atoms with E-state index in [1.807, 2.05) is 4.90 Å². The van der Waals surface area contributed by atoms with Gasteiger partial charge in [-0.15, -0.1) is 0 Å². The van der Waals surface area contributed by atoms with Crippen LogP contribution in [0.2, 0.25) is 0 Å². The standard InChI is InChI=1S/C28H32F4N4O4/c29-21-12-23(26(38)39)36(15-21)25(37)20-4-2-19(3-5-20)22-13-34-24(14-33-22)40-16-18-6-10-35(11-7-18)17-27(8-1-9-27)28(30,31)32/h2-5,13-14,18,21,23H,1,6-12,15-17H2,(H,38,39). The lowest BCUT2D eigenvalue weighted by molar-refractivity contribution is -0.256. The van der Waals surface area contributed by atoms with Gasteiger partial charge in [0.05, 0.1) is 36.7 Å². The monoisotopic (exact) mass is 564 g/mol. The van der Waals surface area contributed by atoms with Crippen molar-refractivity contribution in [1.82, 2.24) is 19.8 Å². The SMILES string of the molecule is O=C(O)C1CC(F)CN1C(=O)c1ccc(-c2cnc(OCC3CCN(CC4(C(F)(F)F)CCC4)CC3)cn2)cc1. The Hall–Kier alpha value is -3.28. The maximum absolute atomic E-state index is 13.7. The lowest BCUT2D eigenvalue weighted by Crippen LogP contribution is -2.53. The fourth-order valence-corrected chi connectivity index (χ4v) is 5.81. The highest BCUT2D eigenvalue weighted by Crippen LogP contribution is 2.53. The Bertz CT molecular complexity index is 1200. The minimum Gasteiger partial charge on any atom is -0.480 e. The largest absolute Gasteiger partial charge is 0.480 e. The number of halogens is 4. The summed E-state index contributed by atoms with van der Waals surface area (Å²) in [5.41, 5.74) is -0.0441. The average Bonchev–Trinajstić information content (AvgIpc) is 3.31. The van der Waals surface area contributed by atoms with Crippen LogP contribution in [0.15, 0.2) is 36.7 Å². The molecule has 1 N–H and O–H groups in total. The third kappa shape index (κ3) is 5.91. The fourth-order valence-electron chi connectivity index (χ4n) is 5.81. The van der Waals surface area contributed by atoms with Crippen molar-refractivity contribution < 1.29 is 37.0 Å². The molecule has 0 radical (unpaired) electrons. The van der Waals surface area contributed by atoms with Crippen LogP contribution in [0.25, 0.3) is 11.3 Å². The van der Waals surface area contributed by atoms with E-state index < -0.39 is 35.7 Å². The number of rotatable bonds is 8. The number of alkyl halides is 4. The fraction of sp³-hybridized carbons (Fsp3) is 0.571. The Labute approximate surface area is 229 Å². The van der Waals surface area contributed by atoms with E-state index in [2.05, 4.69) is 9.97 Å². The van der Waals surface area contributed by atoms with Gasteiger partial charge in [0.1, 0.15) is 12.2 Å². The zero-order chi connectivity index (χ0) is 28.5. The first kappa shape index (κ1) is 28.3. The van der Waals surface area contributed by atoms with Crippen LogP contribution in [0.1, 0.15) is 48.9 Å². The molecule has 216 valence electrons. The van der Waals surface area contributed by atoms with E-state index in [1.54, 1.807) is 30.5 Å². The second-order valence-electron chi connectivity index (χ2n) is 11.1. The van der Waals surface area contributed by atoms with Crippen molar-refractivity contribution in [3.05, 3.63) is 42.2 Å². The van der Waals surface area contributed by atoms with Gasteiger partial charge < -0.3 is 19.6 Å². The summed E-state index contributed by atoms with van der Waals surface area (Å²) in [6, 6.07) is 5.24. The van der Waals surface area contributed by atoms with E-state index in [0.717, 1.165) is 17.7 Å². The minimum atomic E-state index is -4.14. The lowest BCUT2D eigenvalue weighted by Gasteiger charge is -2.47. The van der Waals surface area contributed by atoms with Crippen LogP contribution >= 0.6 is 0 Å². The summed E-state index contributed by atoms with van der Waals surface area (Å²) in [5.74, 6) is -1.19. The van der Waals surface area contributed by atoms with Gasteiger partial charge in [-0.2, -0.15) is 13.2 Å². The van der Waals surface area contributed by atoms with Crippen LogP contribution in [0.5, 0.6) is 5.88 Å². The Morgan fingerprint density at radius 2 is 1.77 bits per heavy atom. The van der Waals surface area contributed by atoms with Gasteiger partial charge in [0.15, 0.2) is 0 Å². The maximum atomic E-state index is 13.7. The summed E-state index contributed by atoms with van der Waals surface area (Å²) in [4.78, 5) is 35.8. The molecule has 1 aliphatic carbocycles. The number of ether oxygens (including phenoxy) is 1. The number of carbonyl (C=O) groups is 2. The zero-order valence-corrected chi connectivity index (χ0v) is 21.9. The second kappa shape index (κ2) is 11.3. The van der Waals surface area contributed by atoms with Crippen LogP contribution < -0.4 is 4.74 Å². The number of hydrogen-bond acceptors (Lipinski definition) is 6. The highest BCUT2D eigenvalue weighted by Gasteiger charge is 2.58.